The van der Waals surface area contributed by atoms with E-state index in [1.165, 1.54) is 17.7 Å². The number of nitrogens with zero attached hydrogens (tertiary/aromatic N) is 3. The first-order valence-corrected chi connectivity index (χ1v) is 8.08. The first-order chi connectivity index (χ1) is 11.8. The van der Waals surface area contributed by atoms with Gasteiger partial charge in [0, 0.05) is 12.3 Å². The molecule has 1 N–H and O–H groups in total. The maximum atomic E-state index is 12.7. The molecule has 0 atom stereocenters. The molecule has 0 aliphatic heterocycles. The van der Waals surface area contributed by atoms with Crippen molar-refractivity contribution in [1.82, 2.24) is 19.5 Å². The van der Waals surface area contributed by atoms with Crippen molar-refractivity contribution in [2.45, 2.75) is 26.7 Å². The average Bonchev–Trinajstić information content (AvgIpc) is 2.54. The van der Waals surface area contributed by atoms with E-state index in [-0.39, 0.29) is 22.3 Å². The average molecular weight is 361 g/mol. The Balaban J connectivity index is 2.58. The van der Waals surface area contributed by atoms with Gasteiger partial charge < -0.3 is 4.74 Å². The van der Waals surface area contributed by atoms with Gasteiger partial charge >= 0.3 is 5.69 Å². The van der Waals surface area contributed by atoms with E-state index in [2.05, 4.69) is 15.0 Å². The topological polar surface area (TPSA) is 89.9 Å². The number of aromatic nitrogens is 4. The number of rotatable bonds is 3. The number of pyridine rings is 2. The van der Waals surface area contributed by atoms with Gasteiger partial charge in [0.2, 0.25) is 5.88 Å². The van der Waals surface area contributed by atoms with E-state index in [4.69, 9.17) is 16.3 Å². The lowest BCUT2D eigenvalue weighted by atomic mass is 10.0. The second-order valence-corrected chi connectivity index (χ2v) is 6.35. The van der Waals surface area contributed by atoms with Crippen LogP contribution in [0.1, 0.15) is 31.0 Å². The van der Waals surface area contributed by atoms with Crippen LogP contribution in [0.4, 0.5) is 0 Å². The summed E-state index contributed by atoms with van der Waals surface area (Å²) in [6.07, 6.45) is 1.70. The third-order valence-electron chi connectivity index (χ3n) is 3.94. The molecule has 3 aromatic rings. The van der Waals surface area contributed by atoms with Crippen molar-refractivity contribution < 1.29 is 4.74 Å². The first kappa shape index (κ1) is 17.2. The highest BCUT2D eigenvalue weighted by molar-refractivity contribution is 6.30. The molecule has 0 aliphatic rings. The van der Waals surface area contributed by atoms with Crippen molar-refractivity contribution in [2.24, 2.45) is 0 Å². The molecule has 0 aliphatic carbocycles. The molecule has 0 unspecified atom stereocenters. The number of aryl methyl sites for hydroxylation is 1. The minimum Gasteiger partial charge on any atom is -0.480 e. The zero-order chi connectivity index (χ0) is 18.3. The summed E-state index contributed by atoms with van der Waals surface area (Å²) >= 11 is 6.07. The molecular formula is C17H17ClN4O3. The predicted molar refractivity (Wildman–Crippen MR) is 96.1 cm³/mol. The molecule has 0 radical (unpaired) electrons. The Hall–Kier alpha value is -2.67. The van der Waals surface area contributed by atoms with Crippen LogP contribution >= 0.6 is 11.6 Å². The van der Waals surface area contributed by atoms with E-state index in [0.29, 0.717) is 11.2 Å². The fraction of sp³-hybridized carbons (Fsp3) is 0.294. The number of halogens is 1. The molecule has 0 aromatic carbocycles. The van der Waals surface area contributed by atoms with E-state index in [1.807, 2.05) is 26.8 Å². The molecule has 0 bridgehead atoms. The van der Waals surface area contributed by atoms with Crippen molar-refractivity contribution in [1.29, 1.82) is 0 Å². The van der Waals surface area contributed by atoms with Gasteiger partial charge in [0.25, 0.3) is 5.56 Å². The number of ether oxygens (including phenoxy) is 1. The quantitative estimate of drug-likeness (QED) is 0.725. The van der Waals surface area contributed by atoms with Crippen LogP contribution in [0.5, 0.6) is 5.88 Å². The molecule has 8 heteroatoms. The lowest BCUT2D eigenvalue weighted by Gasteiger charge is -2.18. The molecule has 3 heterocycles. The summed E-state index contributed by atoms with van der Waals surface area (Å²) in [4.78, 5) is 35.8. The Morgan fingerprint density at radius 3 is 2.68 bits per heavy atom. The molecule has 0 saturated carbocycles. The van der Waals surface area contributed by atoms with Crippen molar-refractivity contribution in [2.75, 3.05) is 7.11 Å². The summed E-state index contributed by atoms with van der Waals surface area (Å²) in [5, 5.41) is 0.278. The van der Waals surface area contributed by atoms with Crippen LogP contribution in [0.15, 0.2) is 27.9 Å². The lowest BCUT2D eigenvalue weighted by molar-refractivity contribution is 0.403. The molecule has 7 nitrogen and oxygen atoms in total. The van der Waals surface area contributed by atoms with Gasteiger partial charge in [-0.1, -0.05) is 25.4 Å². The van der Waals surface area contributed by atoms with Gasteiger partial charge in [-0.2, -0.15) is 0 Å². The Morgan fingerprint density at radius 1 is 1.32 bits per heavy atom. The Morgan fingerprint density at radius 2 is 2.04 bits per heavy atom. The number of nitrogens with one attached hydrogen (secondary N) is 1. The molecular weight excluding hydrogens is 344 g/mol. The van der Waals surface area contributed by atoms with Gasteiger partial charge in [-0.05, 0) is 24.5 Å². The summed E-state index contributed by atoms with van der Waals surface area (Å²) in [6.45, 7) is 5.85. The van der Waals surface area contributed by atoms with Crippen LogP contribution < -0.4 is 16.0 Å². The van der Waals surface area contributed by atoms with Crippen LogP contribution in [0.3, 0.4) is 0 Å². The van der Waals surface area contributed by atoms with Crippen LogP contribution in [-0.4, -0.2) is 26.6 Å². The largest absolute Gasteiger partial charge is 0.480 e. The van der Waals surface area contributed by atoms with Gasteiger partial charge in [0.15, 0.2) is 0 Å². The van der Waals surface area contributed by atoms with Crippen LogP contribution in [0, 0.1) is 6.92 Å². The zero-order valence-electron chi connectivity index (χ0n) is 14.3. The molecule has 0 saturated heterocycles. The van der Waals surface area contributed by atoms with Crippen LogP contribution in [0.2, 0.25) is 5.15 Å². The maximum absolute atomic E-state index is 12.7. The molecule has 3 rings (SSSR count). The minimum atomic E-state index is -0.579. The standard InChI is InChI=1S/C17H17ClN4O3/c1-8(2)13-14(9(3)5-6-19-13)22-10-7-11(18)20-16(25-4)12(10)15(23)21-17(22)24/h5-8H,1-4H3,(H,21,23,24). The van der Waals surface area contributed by atoms with Gasteiger partial charge in [-0.25, -0.2) is 9.78 Å². The summed E-state index contributed by atoms with van der Waals surface area (Å²) in [6, 6.07) is 3.29. The fourth-order valence-corrected chi connectivity index (χ4v) is 3.03. The molecule has 130 valence electrons. The van der Waals surface area contributed by atoms with Crippen molar-refractivity contribution in [3.8, 4) is 11.6 Å². The van der Waals surface area contributed by atoms with Crippen LogP contribution in [-0.2, 0) is 0 Å². The molecule has 0 amide bonds. The third kappa shape index (κ3) is 2.80. The fourth-order valence-electron chi connectivity index (χ4n) is 2.85. The normalized spacial score (nSPS) is 11.3. The first-order valence-electron chi connectivity index (χ1n) is 7.70. The van der Waals surface area contributed by atoms with Crippen LogP contribution in [0.25, 0.3) is 16.6 Å². The van der Waals surface area contributed by atoms with Crippen molar-refractivity contribution in [3.63, 3.8) is 0 Å². The van der Waals surface area contributed by atoms with Crippen molar-refractivity contribution in [3.05, 3.63) is 55.6 Å². The molecule has 0 spiro atoms. The van der Waals surface area contributed by atoms with E-state index < -0.39 is 11.2 Å². The second kappa shape index (κ2) is 6.33. The van der Waals surface area contributed by atoms with Gasteiger partial charge in [-0.3, -0.25) is 19.3 Å². The number of hydrogen-bond acceptors (Lipinski definition) is 5. The molecule has 25 heavy (non-hydrogen) atoms. The highest BCUT2D eigenvalue weighted by atomic mass is 35.5. The summed E-state index contributed by atoms with van der Waals surface area (Å²) < 4.78 is 6.59. The summed E-state index contributed by atoms with van der Waals surface area (Å²) in [7, 11) is 1.39. The van der Waals surface area contributed by atoms with Crippen molar-refractivity contribution >= 4 is 22.5 Å². The third-order valence-corrected chi connectivity index (χ3v) is 4.14. The van der Waals surface area contributed by atoms with E-state index in [9.17, 15) is 9.59 Å². The second-order valence-electron chi connectivity index (χ2n) is 5.96. The van der Waals surface area contributed by atoms with Gasteiger partial charge in [0.05, 0.1) is 24.0 Å². The SMILES string of the molecule is COc1nc(Cl)cc2c1c(=O)[nH]c(=O)n2-c1c(C)ccnc1C(C)C. The Labute approximate surface area is 148 Å². The molecule has 0 fully saturated rings. The Kier molecular flexibility index (Phi) is 4.34. The lowest BCUT2D eigenvalue weighted by Crippen LogP contribution is -2.31. The number of hydrogen-bond donors (Lipinski definition) is 1. The highest BCUT2D eigenvalue weighted by Gasteiger charge is 2.20. The summed E-state index contributed by atoms with van der Waals surface area (Å²) in [5.74, 6) is 0.133. The predicted octanol–water partition coefficient (Wildman–Crippen LogP) is 2.56. The van der Waals surface area contributed by atoms with E-state index in [0.717, 1.165) is 11.3 Å². The van der Waals surface area contributed by atoms with Gasteiger partial charge in [-0.15, -0.1) is 0 Å². The summed E-state index contributed by atoms with van der Waals surface area (Å²) in [5.41, 5.74) is 1.38. The number of H-pyrrole nitrogens is 1. The molecule has 3 aromatic heterocycles. The minimum absolute atomic E-state index is 0.0603. The monoisotopic (exact) mass is 360 g/mol. The van der Waals surface area contributed by atoms with Gasteiger partial charge in [0.1, 0.15) is 10.5 Å². The highest BCUT2D eigenvalue weighted by Crippen LogP contribution is 2.28. The maximum Gasteiger partial charge on any atom is 0.333 e. The Bertz CT molecular complexity index is 1090. The number of fused-ring (bicyclic) bond motifs is 1. The van der Waals surface area contributed by atoms with E-state index >= 15 is 0 Å². The zero-order valence-corrected chi connectivity index (χ0v) is 15.0. The van der Waals surface area contributed by atoms with E-state index in [1.54, 1.807) is 6.20 Å². The smallest absolute Gasteiger partial charge is 0.333 e. The number of aromatic amines is 1. The number of methoxy groups -OCH3 is 1.